The van der Waals surface area contributed by atoms with Crippen molar-refractivity contribution in [3.8, 4) is 16.9 Å². The number of phenolic OH excluding ortho intramolecular Hbond substituents is 1. The van der Waals surface area contributed by atoms with E-state index in [4.69, 9.17) is 4.98 Å². The minimum atomic E-state index is -0.816. The summed E-state index contributed by atoms with van der Waals surface area (Å²) in [5, 5.41) is 15.8. The topological polar surface area (TPSA) is 75.1 Å². The van der Waals surface area contributed by atoms with Gasteiger partial charge in [-0.3, -0.25) is 9.78 Å². The number of amides is 1. The molecule has 0 saturated carbocycles. The molecule has 0 bridgehead atoms. The lowest BCUT2D eigenvalue weighted by Crippen LogP contribution is -2.37. The Morgan fingerprint density at radius 1 is 0.895 bits per heavy atom. The summed E-state index contributed by atoms with van der Waals surface area (Å²) < 4.78 is 0. The van der Waals surface area contributed by atoms with Gasteiger partial charge < -0.3 is 10.4 Å². The van der Waals surface area contributed by atoms with Gasteiger partial charge in [-0.05, 0) is 52.1 Å². The Hall–Kier alpha value is -4.29. The maximum atomic E-state index is 13.6. The zero-order valence-electron chi connectivity index (χ0n) is 21.3. The molecule has 38 heavy (non-hydrogen) atoms. The molecule has 1 atom stereocenters. The SMILES string of the molecule is CC(C)(C(=O)Nc1nc(Cc2ccc(-c3ccncc3)cc2)cs1)C(c1ccccc1)c1cccc(O)c1. The number of rotatable bonds is 8. The third kappa shape index (κ3) is 5.66. The Balaban J connectivity index is 1.31. The van der Waals surface area contributed by atoms with Gasteiger partial charge >= 0.3 is 0 Å². The van der Waals surface area contributed by atoms with Crippen LogP contribution in [-0.2, 0) is 11.2 Å². The molecule has 0 radical (unpaired) electrons. The maximum Gasteiger partial charge on any atom is 0.232 e. The number of nitrogens with zero attached hydrogens (tertiary/aromatic N) is 2. The number of carbonyl (C=O) groups excluding carboxylic acids is 1. The zero-order chi connectivity index (χ0) is 26.5. The van der Waals surface area contributed by atoms with E-state index in [0.29, 0.717) is 11.6 Å². The molecule has 0 fully saturated rings. The van der Waals surface area contributed by atoms with Crippen molar-refractivity contribution >= 4 is 22.4 Å². The number of phenols is 1. The van der Waals surface area contributed by atoms with Gasteiger partial charge in [-0.25, -0.2) is 4.98 Å². The van der Waals surface area contributed by atoms with Crippen LogP contribution in [0.1, 0.15) is 42.1 Å². The van der Waals surface area contributed by atoms with Crippen LogP contribution in [0.15, 0.2) is 109 Å². The first-order valence-electron chi connectivity index (χ1n) is 12.5. The molecular formula is C32H29N3O2S. The van der Waals surface area contributed by atoms with Gasteiger partial charge in [0.2, 0.25) is 5.91 Å². The average molecular weight is 520 g/mol. The minimum Gasteiger partial charge on any atom is -0.508 e. The van der Waals surface area contributed by atoms with Gasteiger partial charge in [0.05, 0.1) is 11.1 Å². The van der Waals surface area contributed by atoms with Gasteiger partial charge in [-0.1, -0.05) is 80.6 Å². The molecule has 0 saturated heterocycles. The van der Waals surface area contributed by atoms with Crippen molar-refractivity contribution in [2.24, 2.45) is 5.41 Å². The number of aromatic hydroxyl groups is 1. The van der Waals surface area contributed by atoms with Crippen LogP contribution in [0.25, 0.3) is 11.1 Å². The summed E-state index contributed by atoms with van der Waals surface area (Å²) in [5.74, 6) is -0.204. The summed E-state index contributed by atoms with van der Waals surface area (Å²) >= 11 is 1.43. The lowest BCUT2D eigenvalue weighted by Gasteiger charge is -2.33. The number of pyridine rings is 1. The van der Waals surface area contributed by atoms with Gasteiger partial charge in [0.25, 0.3) is 0 Å². The van der Waals surface area contributed by atoms with Crippen molar-refractivity contribution in [2.45, 2.75) is 26.2 Å². The molecule has 0 spiro atoms. The highest BCUT2D eigenvalue weighted by molar-refractivity contribution is 7.13. The summed E-state index contributed by atoms with van der Waals surface area (Å²) in [7, 11) is 0. The van der Waals surface area contributed by atoms with Crippen LogP contribution in [0, 0.1) is 5.41 Å². The number of benzene rings is 3. The second-order valence-electron chi connectivity index (χ2n) is 9.87. The van der Waals surface area contributed by atoms with Gasteiger partial charge in [-0.2, -0.15) is 0 Å². The van der Waals surface area contributed by atoms with E-state index in [2.05, 4.69) is 34.6 Å². The summed E-state index contributed by atoms with van der Waals surface area (Å²) in [4.78, 5) is 22.4. The van der Waals surface area contributed by atoms with E-state index in [1.807, 2.05) is 73.8 Å². The maximum absolute atomic E-state index is 13.6. The fourth-order valence-corrected chi connectivity index (χ4v) is 5.48. The largest absolute Gasteiger partial charge is 0.508 e. The molecule has 5 nitrogen and oxygen atoms in total. The van der Waals surface area contributed by atoms with Crippen molar-refractivity contribution in [3.05, 3.63) is 131 Å². The first-order valence-corrected chi connectivity index (χ1v) is 13.4. The van der Waals surface area contributed by atoms with Gasteiger partial charge in [0.15, 0.2) is 5.13 Å². The normalized spacial score (nSPS) is 12.2. The van der Waals surface area contributed by atoms with E-state index in [1.165, 1.54) is 11.3 Å². The number of aromatic nitrogens is 2. The molecule has 5 rings (SSSR count). The molecule has 0 aliphatic carbocycles. The van der Waals surface area contributed by atoms with Gasteiger partial charge in [0.1, 0.15) is 5.75 Å². The number of hydrogen-bond donors (Lipinski definition) is 2. The van der Waals surface area contributed by atoms with E-state index in [9.17, 15) is 9.90 Å². The molecular weight excluding hydrogens is 490 g/mol. The fraction of sp³-hybridized carbons (Fsp3) is 0.156. The molecule has 5 aromatic rings. The van der Waals surface area contributed by atoms with Crippen LogP contribution in [0.5, 0.6) is 5.75 Å². The Morgan fingerprint density at radius 3 is 2.29 bits per heavy atom. The number of hydrogen-bond acceptors (Lipinski definition) is 5. The first-order chi connectivity index (χ1) is 18.4. The highest BCUT2D eigenvalue weighted by Gasteiger charge is 2.39. The van der Waals surface area contributed by atoms with E-state index < -0.39 is 5.41 Å². The van der Waals surface area contributed by atoms with Crippen LogP contribution < -0.4 is 5.32 Å². The molecule has 3 aromatic carbocycles. The fourth-order valence-electron chi connectivity index (χ4n) is 4.78. The summed E-state index contributed by atoms with van der Waals surface area (Å²) in [6, 6.07) is 29.5. The molecule has 2 N–H and O–H groups in total. The summed E-state index contributed by atoms with van der Waals surface area (Å²) in [6.45, 7) is 3.87. The standard InChI is InChI=1S/C32H29N3O2S/c1-32(2,29(25-7-4-3-5-8-25)26-9-6-10-28(36)20-26)30(37)35-31-34-27(21-38-31)19-22-11-13-23(14-12-22)24-15-17-33-18-16-24/h3-18,20-21,29,36H,19H2,1-2H3,(H,34,35,37). The van der Waals surface area contributed by atoms with Crippen LogP contribution in [0.3, 0.4) is 0 Å². The second kappa shape index (κ2) is 11.0. The number of thiazole rings is 1. The van der Waals surface area contributed by atoms with Crippen molar-refractivity contribution < 1.29 is 9.90 Å². The molecule has 2 aromatic heterocycles. The predicted molar refractivity (Wildman–Crippen MR) is 153 cm³/mol. The number of carbonyl (C=O) groups is 1. The monoisotopic (exact) mass is 519 g/mol. The number of anilines is 1. The smallest absolute Gasteiger partial charge is 0.232 e. The molecule has 0 aliphatic rings. The van der Waals surface area contributed by atoms with Crippen LogP contribution in [0.4, 0.5) is 5.13 Å². The van der Waals surface area contributed by atoms with Gasteiger partial charge in [0, 0.05) is 30.1 Å². The summed E-state index contributed by atoms with van der Waals surface area (Å²) in [5.41, 5.74) is 5.41. The van der Waals surface area contributed by atoms with Crippen LogP contribution >= 0.6 is 11.3 Å². The third-order valence-corrected chi connectivity index (χ3v) is 7.57. The van der Waals surface area contributed by atoms with Crippen LogP contribution in [0.2, 0.25) is 0 Å². The average Bonchev–Trinajstić information content (AvgIpc) is 3.37. The van der Waals surface area contributed by atoms with Crippen LogP contribution in [-0.4, -0.2) is 21.0 Å². The van der Waals surface area contributed by atoms with Crippen molar-refractivity contribution in [3.63, 3.8) is 0 Å². The van der Waals surface area contributed by atoms with E-state index in [-0.39, 0.29) is 17.6 Å². The number of nitrogens with one attached hydrogen (secondary N) is 1. The lowest BCUT2D eigenvalue weighted by molar-refractivity contribution is -0.124. The molecule has 6 heteroatoms. The molecule has 2 heterocycles. The van der Waals surface area contributed by atoms with E-state index in [0.717, 1.165) is 33.5 Å². The second-order valence-corrected chi connectivity index (χ2v) is 10.7. The minimum absolute atomic E-state index is 0.128. The van der Waals surface area contributed by atoms with Crippen molar-refractivity contribution in [1.29, 1.82) is 0 Å². The molecule has 1 unspecified atom stereocenters. The quantitative estimate of drug-likeness (QED) is 0.226. The first kappa shape index (κ1) is 25.4. The van der Waals surface area contributed by atoms with Crippen molar-refractivity contribution in [2.75, 3.05) is 5.32 Å². The molecule has 0 aliphatic heterocycles. The van der Waals surface area contributed by atoms with E-state index >= 15 is 0 Å². The Labute approximate surface area is 226 Å². The molecule has 190 valence electrons. The summed E-state index contributed by atoms with van der Waals surface area (Å²) in [6.07, 6.45) is 4.27. The Morgan fingerprint density at radius 2 is 1.58 bits per heavy atom. The predicted octanol–water partition coefficient (Wildman–Crippen LogP) is 7.30. The van der Waals surface area contributed by atoms with Crippen molar-refractivity contribution in [1.82, 2.24) is 9.97 Å². The molecule has 1 amide bonds. The van der Waals surface area contributed by atoms with Gasteiger partial charge in [-0.15, -0.1) is 11.3 Å². The van der Waals surface area contributed by atoms with E-state index in [1.54, 1.807) is 24.5 Å². The highest BCUT2D eigenvalue weighted by Crippen LogP contribution is 2.42. The third-order valence-electron chi connectivity index (χ3n) is 6.77. The lowest BCUT2D eigenvalue weighted by atomic mass is 9.70. The Bertz CT molecular complexity index is 1510. The highest BCUT2D eigenvalue weighted by atomic mass is 32.1. The zero-order valence-corrected chi connectivity index (χ0v) is 22.2. The Kier molecular flexibility index (Phi) is 7.33.